The van der Waals surface area contributed by atoms with Gasteiger partial charge >= 0.3 is 18.1 Å². The second-order valence-corrected chi connectivity index (χ2v) is 4.50. The number of carbonyl (C=O) groups is 2. The number of hydroxylamine groups is 2. The Hall–Kier alpha value is -2.49. The Morgan fingerprint density at radius 3 is 2.95 bits per heavy atom. The zero-order valence-electron chi connectivity index (χ0n) is 10.4. The SMILES string of the molecule is O=C1N2CC(c3ncco3)=C[C@H](C2)N1OC(F)(F)C(=O)O. The Morgan fingerprint density at radius 2 is 2.33 bits per heavy atom. The van der Waals surface area contributed by atoms with Gasteiger partial charge in [0.25, 0.3) is 0 Å². The van der Waals surface area contributed by atoms with Gasteiger partial charge in [-0.25, -0.2) is 14.6 Å². The minimum absolute atomic E-state index is 0.119. The van der Waals surface area contributed by atoms with Crippen molar-refractivity contribution in [2.75, 3.05) is 13.1 Å². The molecule has 10 heteroatoms. The van der Waals surface area contributed by atoms with E-state index in [2.05, 4.69) is 9.82 Å². The molecule has 0 spiro atoms. The average molecular weight is 301 g/mol. The summed E-state index contributed by atoms with van der Waals surface area (Å²) in [4.78, 5) is 31.5. The van der Waals surface area contributed by atoms with Crippen molar-refractivity contribution in [2.45, 2.75) is 12.2 Å². The molecule has 1 atom stereocenters. The fraction of sp³-hybridized carbons (Fsp3) is 0.364. The fourth-order valence-electron chi connectivity index (χ4n) is 2.19. The summed E-state index contributed by atoms with van der Waals surface area (Å²) >= 11 is 0. The lowest BCUT2D eigenvalue weighted by Gasteiger charge is -2.22. The number of carboxylic acids is 1. The van der Waals surface area contributed by atoms with Gasteiger partial charge in [-0.1, -0.05) is 0 Å². The Balaban J connectivity index is 1.85. The number of carbonyl (C=O) groups excluding carboxylic acids is 1. The first-order valence-electron chi connectivity index (χ1n) is 5.87. The van der Waals surface area contributed by atoms with Crippen molar-refractivity contribution >= 4 is 17.6 Å². The van der Waals surface area contributed by atoms with E-state index in [4.69, 9.17) is 9.52 Å². The Labute approximate surface area is 116 Å². The lowest BCUT2D eigenvalue weighted by atomic mass is 10.1. The molecule has 0 aromatic carbocycles. The summed E-state index contributed by atoms with van der Waals surface area (Å²) in [6.45, 7) is 0.243. The summed E-state index contributed by atoms with van der Waals surface area (Å²) in [6, 6.07) is -1.67. The molecule has 1 saturated heterocycles. The standard InChI is InChI=1S/C11H9F2N3O5/c12-11(13,9(17)18)21-16-7-3-6(8-14-1-2-20-8)4-15(5-7)10(16)19/h1-3,7H,4-5H2,(H,17,18)/t7-/m1/s1. The van der Waals surface area contributed by atoms with Crippen LogP contribution in [0.25, 0.3) is 5.57 Å². The fourth-order valence-corrected chi connectivity index (χ4v) is 2.19. The van der Waals surface area contributed by atoms with E-state index in [9.17, 15) is 18.4 Å². The number of fused-ring (bicyclic) bond motifs is 2. The van der Waals surface area contributed by atoms with E-state index in [-0.39, 0.29) is 19.0 Å². The topological polar surface area (TPSA) is 96.1 Å². The molecule has 2 amide bonds. The number of alkyl halides is 2. The molecule has 1 aromatic heterocycles. The van der Waals surface area contributed by atoms with Crippen LogP contribution in [-0.2, 0) is 9.63 Å². The predicted octanol–water partition coefficient (Wildman–Crippen LogP) is 0.787. The van der Waals surface area contributed by atoms with Crippen molar-refractivity contribution in [1.82, 2.24) is 14.9 Å². The number of aromatic nitrogens is 1. The minimum Gasteiger partial charge on any atom is -0.475 e. The van der Waals surface area contributed by atoms with Crippen LogP contribution >= 0.6 is 0 Å². The van der Waals surface area contributed by atoms with Crippen molar-refractivity contribution in [3.8, 4) is 0 Å². The van der Waals surface area contributed by atoms with Crippen LogP contribution in [0.3, 0.4) is 0 Å². The maximum Gasteiger partial charge on any atom is 0.476 e. The highest BCUT2D eigenvalue weighted by Crippen LogP contribution is 2.31. The molecule has 0 aliphatic carbocycles. The summed E-state index contributed by atoms with van der Waals surface area (Å²) in [5.74, 6) is -2.20. The first-order chi connectivity index (χ1) is 9.88. The number of amides is 2. The quantitative estimate of drug-likeness (QED) is 0.883. The number of oxazole rings is 1. The van der Waals surface area contributed by atoms with Crippen LogP contribution in [0.2, 0.25) is 0 Å². The van der Waals surface area contributed by atoms with Crippen molar-refractivity contribution in [3.05, 3.63) is 24.4 Å². The molecule has 2 aliphatic heterocycles. The van der Waals surface area contributed by atoms with Gasteiger partial charge in [0.05, 0.1) is 18.8 Å². The van der Waals surface area contributed by atoms with Gasteiger partial charge in [0.1, 0.15) is 6.26 Å². The summed E-state index contributed by atoms with van der Waals surface area (Å²) in [5.41, 5.74) is 0.536. The first-order valence-corrected chi connectivity index (χ1v) is 5.87. The lowest BCUT2D eigenvalue weighted by molar-refractivity contribution is -0.324. The third-order valence-corrected chi connectivity index (χ3v) is 3.09. The zero-order valence-corrected chi connectivity index (χ0v) is 10.4. The van der Waals surface area contributed by atoms with Crippen LogP contribution in [0.1, 0.15) is 5.89 Å². The number of halogens is 2. The Morgan fingerprint density at radius 1 is 1.57 bits per heavy atom. The molecule has 1 aromatic rings. The molecule has 3 heterocycles. The highest BCUT2D eigenvalue weighted by Gasteiger charge is 2.50. The van der Waals surface area contributed by atoms with Crippen LogP contribution in [0, 0.1) is 0 Å². The molecule has 0 radical (unpaired) electrons. The summed E-state index contributed by atoms with van der Waals surface area (Å²) in [6.07, 6.45) is -0.232. The summed E-state index contributed by atoms with van der Waals surface area (Å²) in [5, 5.41) is 8.73. The maximum absolute atomic E-state index is 13.1. The van der Waals surface area contributed by atoms with Gasteiger partial charge in [0.15, 0.2) is 0 Å². The normalized spacial score (nSPS) is 21.7. The van der Waals surface area contributed by atoms with Crippen LogP contribution < -0.4 is 0 Å². The largest absolute Gasteiger partial charge is 0.476 e. The van der Waals surface area contributed by atoms with Crippen LogP contribution in [-0.4, -0.2) is 57.3 Å². The van der Waals surface area contributed by atoms with Gasteiger partial charge in [-0.3, -0.25) is 0 Å². The van der Waals surface area contributed by atoms with Crippen molar-refractivity contribution in [1.29, 1.82) is 0 Å². The van der Waals surface area contributed by atoms with Crippen molar-refractivity contribution in [3.63, 3.8) is 0 Å². The molecule has 1 fully saturated rings. The number of aliphatic carboxylic acids is 1. The minimum atomic E-state index is -4.48. The molecule has 8 nitrogen and oxygen atoms in total. The van der Waals surface area contributed by atoms with E-state index in [1.165, 1.54) is 23.4 Å². The van der Waals surface area contributed by atoms with E-state index < -0.39 is 24.2 Å². The number of carboxylic acid groups (broad SMARTS) is 1. The molecule has 0 saturated carbocycles. The molecule has 3 rings (SSSR count). The van der Waals surface area contributed by atoms with Crippen LogP contribution in [0.5, 0.6) is 0 Å². The number of hydrogen-bond donors (Lipinski definition) is 1. The van der Waals surface area contributed by atoms with Crippen molar-refractivity contribution < 1.29 is 32.7 Å². The van der Waals surface area contributed by atoms with Gasteiger partial charge in [0.2, 0.25) is 5.89 Å². The summed E-state index contributed by atoms with van der Waals surface area (Å²) < 4.78 is 31.3. The van der Waals surface area contributed by atoms with E-state index in [1.54, 1.807) is 0 Å². The molecule has 21 heavy (non-hydrogen) atoms. The predicted molar refractivity (Wildman–Crippen MR) is 60.7 cm³/mol. The molecule has 0 unspecified atom stereocenters. The third kappa shape index (κ3) is 2.23. The first kappa shape index (κ1) is 13.5. The van der Waals surface area contributed by atoms with Gasteiger partial charge in [-0.2, -0.15) is 18.7 Å². The summed E-state index contributed by atoms with van der Waals surface area (Å²) in [7, 11) is 0. The van der Waals surface area contributed by atoms with Crippen molar-refractivity contribution in [2.24, 2.45) is 0 Å². The number of rotatable bonds is 4. The molecule has 112 valence electrons. The molecule has 1 N–H and O–H groups in total. The monoisotopic (exact) mass is 301 g/mol. The molecule has 2 bridgehead atoms. The highest BCUT2D eigenvalue weighted by molar-refractivity contribution is 5.82. The third-order valence-electron chi connectivity index (χ3n) is 3.09. The van der Waals surface area contributed by atoms with E-state index in [0.717, 1.165) is 0 Å². The van der Waals surface area contributed by atoms with Gasteiger partial charge in [-0.15, -0.1) is 0 Å². The average Bonchev–Trinajstić information content (AvgIpc) is 3.03. The Kier molecular flexibility index (Phi) is 2.90. The maximum atomic E-state index is 13.1. The van der Waals surface area contributed by atoms with Gasteiger partial charge in [-0.05, 0) is 6.08 Å². The highest BCUT2D eigenvalue weighted by atomic mass is 19.3. The van der Waals surface area contributed by atoms with Gasteiger partial charge in [0, 0.05) is 12.1 Å². The number of urea groups is 1. The van der Waals surface area contributed by atoms with Crippen LogP contribution in [0.15, 0.2) is 23.0 Å². The molecular formula is C11H9F2N3O5. The van der Waals surface area contributed by atoms with E-state index in [1.807, 2.05) is 0 Å². The molecule has 2 aliphatic rings. The lowest BCUT2D eigenvalue weighted by Crippen LogP contribution is -2.43. The smallest absolute Gasteiger partial charge is 0.475 e. The van der Waals surface area contributed by atoms with Crippen LogP contribution in [0.4, 0.5) is 13.6 Å². The van der Waals surface area contributed by atoms with E-state index >= 15 is 0 Å². The van der Waals surface area contributed by atoms with Gasteiger partial charge < -0.3 is 14.4 Å². The zero-order chi connectivity index (χ0) is 15.2. The van der Waals surface area contributed by atoms with E-state index in [0.29, 0.717) is 10.6 Å². The molecular weight excluding hydrogens is 292 g/mol. The number of hydrogen-bond acceptors (Lipinski definition) is 5. The second-order valence-electron chi connectivity index (χ2n) is 4.50. The number of nitrogens with zero attached hydrogens (tertiary/aromatic N) is 3. The second kappa shape index (κ2) is 4.52. The Bertz CT molecular complexity index is 615.